The van der Waals surface area contributed by atoms with Crippen LogP contribution in [0.25, 0.3) is 0 Å². The fraction of sp³-hybridized carbons (Fsp3) is 0.174. The summed E-state index contributed by atoms with van der Waals surface area (Å²) in [6.07, 6.45) is 0. The second-order valence-corrected chi connectivity index (χ2v) is 6.19. The highest BCUT2D eigenvalue weighted by molar-refractivity contribution is 5.95. The van der Waals surface area contributed by atoms with Crippen LogP contribution in [0.1, 0.15) is 27.5 Å². The van der Waals surface area contributed by atoms with Crippen molar-refractivity contribution >= 4 is 5.91 Å². The van der Waals surface area contributed by atoms with Crippen molar-refractivity contribution in [1.82, 2.24) is 5.32 Å². The number of methoxy groups -OCH3 is 3. The van der Waals surface area contributed by atoms with Gasteiger partial charge in [0.05, 0.1) is 27.4 Å². The summed E-state index contributed by atoms with van der Waals surface area (Å²) in [6, 6.07) is 22.3. The van der Waals surface area contributed by atoms with E-state index in [-0.39, 0.29) is 11.9 Å². The molecule has 28 heavy (non-hydrogen) atoms. The number of hydrogen-bond acceptors (Lipinski definition) is 4. The topological polar surface area (TPSA) is 56.8 Å². The molecule has 0 radical (unpaired) electrons. The minimum Gasteiger partial charge on any atom is -0.497 e. The van der Waals surface area contributed by atoms with E-state index in [9.17, 15) is 4.79 Å². The summed E-state index contributed by atoms with van der Waals surface area (Å²) in [5.41, 5.74) is 2.40. The third kappa shape index (κ3) is 4.43. The Morgan fingerprint density at radius 2 is 1.25 bits per heavy atom. The molecular formula is C23H23NO4. The molecule has 0 aliphatic rings. The van der Waals surface area contributed by atoms with Crippen LogP contribution in [0.15, 0.2) is 72.8 Å². The summed E-state index contributed by atoms with van der Waals surface area (Å²) in [6.45, 7) is 0. The van der Waals surface area contributed by atoms with Crippen molar-refractivity contribution in [2.24, 2.45) is 0 Å². The Hall–Kier alpha value is -3.47. The van der Waals surface area contributed by atoms with Crippen LogP contribution in [0.3, 0.4) is 0 Å². The molecule has 1 amide bonds. The van der Waals surface area contributed by atoms with Gasteiger partial charge in [-0.25, -0.2) is 0 Å². The lowest BCUT2D eigenvalue weighted by Crippen LogP contribution is -2.29. The zero-order valence-electron chi connectivity index (χ0n) is 16.1. The Morgan fingerprint density at radius 3 is 1.79 bits per heavy atom. The zero-order chi connectivity index (χ0) is 19.9. The van der Waals surface area contributed by atoms with E-state index in [2.05, 4.69) is 5.32 Å². The Labute approximate surface area is 164 Å². The number of rotatable bonds is 7. The number of benzene rings is 3. The van der Waals surface area contributed by atoms with E-state index in [0.717, 1.165) is 16.9 Å². The normalized spacial score (nSPS) is 11.4. The van der Waals surface area contributed by atoms with E-state index in [1.165, 1.54) is 0 Å². The van der Waals surface area contributed by atoms with E-state index in [1.54, 1.807) is 39.5 Å². The summed E-state index contributed by atoms with van der Waals surface area (Å²) >= 11 is 0. The van der Waals surface area contributed by atoms with Gasteiger partial charge in [-0.3, -0.25) is 4.79 Å². The molecule has 0 bridgehead atoms. The van der Waals surface area contributed by atoms with Crippen LogP contribution in [0.2, 0.25) is 0 Å². The number of hydrogen-bond donors (Lipinski definition) is 1. The van der Waals surface area contributed by atoms with Crippen molar-refractivity contribution in [3.63, 3.8) is 0 Å². The quantitative estimate of drug-likeness (QED) is 0.669. The minimum absolute atomic E-state index is 0.220. The summed E-state index contributed by atoms with van der Waals surface area (Å²) in [5.74, 6) is 1.66. The first-order chi connectivity index (χ1) is 13.6. The predicted octanol–water partition coefficient (Wildman–Crippen LogP) is 4.23. The van der Waals surface area contributed by atoms with Crippen LogP contribution in [0.5, 0.6) is 17.2 Å². The molecule has 3 rings (SSSR count). The van der Waals surface area contributed by atoms with E-state index in [0.29, 0.717) is 17.1 Å². The summed E-state index contributed by atoms with van der Waals surface area (Å²) in [5, 5.41) is 3.12. The molecule has 3 aromatic carbocycles. The van der Waals surface area contributed by atoms with Crippen molar-refractivity contribution in [3.05, 3.63) is 89.5 Å². The average Bonchev–Trinajstić information content (AvgIpc) is 2.77. The van der Waals surface area contributed by atoms with Crippen molar-refractivity contribution in [1.29, 1.82) is 0 Å². The maximum absolute atomic E-state index is 13.0. The SMILES string of the molecule is COc1ccc(C(NC(=O)c2cc(OC)cc(OC)c2)c2ccccc2)cc1. The van der Waals surface area contributed by atoms with Gasteiger partial charge in [0.2, 0.25) is 0 Å². The third-order valence-electron chi connectivity index (χ3n) is 4.47. The van der Waals surface area contributed by atoms with Crippen molar-refractivity contribution < 1.29 is 19.0 Å². The third-order valence-corrected chi connectivity index (χ3v) is 4.47. The Kier molecular flexibility index (Phi) is 6.17. The van der Waals surface area contributed by atoms with Crippen molar-refractivity contribution in [2.45, 2.75) is 6.04 Å². The molecule has 0 aliphatic carbocycles. The standard InChI is InChI=1S/C23H23NO4/c1-26-19-11-9-17(10-12-19)22(16-7-5-4-6-8-16)24-23(25)18-13-20(27-2)15-21(14-18)28-3/h4-15,22H,1-3H3,(H,24,25). The van der Waals surface area contributed by atoms with Crippen molar-refractivity contribution in [2.75, 3.05) is 21.3 Å². The van der Waals surface area contributed by atoms with E-state index in [1.807, 2.05) is 54.6 Å². The van der Waals surface area contributed by atoms with Gasteiger partial charge in [0, 0.05) is 11.6 Å². The van der Waals surface area contributed by atoms with Gasteiger partial charge in [-0.05, 0) is 35.4 Å². The second-order valence-electron chi connectivity index (χ2n) is 6.19. The number of amides is 1. The number of carbonyl (C=O) groups is 1. The van der Waals surface area contributed by atoms with E-state index in [4.69, 9.17) is 14.2 Å². The fourth-order valence-corrected chi connectivity index (χ4v) is 2.95. The van der Waals surface area contributed by atoms with Crippen LogP contribution in [-0.4, -0.2) is 27.2 Å². The molecule has 5 nitrogen and oxygen atoms in total. The molecule has 0 saturated heterocycles. The first-order valence-electron chi connectivity index (χ1n) is 8.87. The fourth-order valence-electron chi connectivity index (χ4n) is 2.95. The average molecular weight is 377 g/mol. The Balaban J connectivity index is 1.94. The first kappa shape index (κ1) is 19.3. The summed E-state index contributed by atoms with van der Waals surface area (Å²) in [7, 11) is 4.74. The minimum atomic E-state index is -0.309. The summed E-state index contributed by atoms with van der Waals surface area (Å²) < 4.78 is 15.8. The van der Waals surface area contributed by atoms with Gasteiger partial charge >= 0.3 is 0 Å². The van der Waals surface area contributed by atoms with E-state index >= 15 is 0 Å². The number of carbonyl (C=O) groups excluding carboxylic acids is 1. The second kappa shape index (κ2) is 8.95. The lowest BCUT2D eigenvalue weighted by molar-refractivity contribution is 0.0942. The highest BCUT2D eigenvalue weighted by Gasteiger charge is 2.19. The van der Waals surface area contributed by atoms with Crippen LogP contribution in [0, 0.1) is 0 Å². The molecule has 0 aromatic heterocycles. The van der Waals surface area contributed by atoms with E-state index < -0.39 is 0 Å². The van der Waals surface area contributed by atoms with Crippen molar-refractivity contribution in [3.8, 4) is 17.2 Å². The molecule has 1 N–H and O–H groups in total. The smallest absolute Gasteiger partial charge is 0.252 e. The lowest BCUT2D eigenvalue weighted by Gasteiger charge is -2.20. The van der Waals surface area contributed by atoms with Crippen LogP contribution in [0.4, 0.5) is 0 Å². The highest BCUT2D eigenvalue weighted by atomic mass is 16.5. The van der Waals surface area contributed by atoms with Gasteiger partial charge in [0.15, 0.2) is 0 Å². The maximum atomic E-state index is 13.0. The van der Waals surface area contributed by atoms with Gasteiger partial charge in [-0.15, -0.1) is 0 Å². The molecule has 1 unspecified atom stereocenters. The molecule has 0 fully saturated rings. The predicted molar refractivity (Wildman–Crippen MR) is 108 cm³/mol. The Bertz CT molecular complexity index is 901. The van der Waals surface area contributed by atoms with Gasteiger partial charge in [-0.2, -0.15) is 0 Å². The van der Waals surface area contributed by atoms with Gasteiger partial charge in [0.1, 0.15) is 17.2 Å². The highest BCUT2D eigenvalue weighted by Crippen LogP contribution is 2.26. The number of ether oxygens (including phenoxy) is 3. The summed E-state index contributed by atoms with van der Waals surface area (Å²) in [4.78, 5) is 13.0. The number of nitrogens with one attached hydrogen (secondary N) is 1. The molecule has 0 saturated carbocycles. The molecule has 0 spiro atoms. The first-order valence-corrected chi connectivity index (χ1v) is 8.87. The molecule has 5 heteroatoms. The molecule has 0 aliphatic heterocycles. The van der Waals surface area contributed by atoms with Crippen LogP contribution in [-0.2, 0) is 0 Å². The van der Waals surface area contributed by atoms with Crippen LogP contribution >= 0.6 is 0 Å². The van der Waals surface area contributed by atoms with Gasteiger partial charge < -0.3 is 19.5 Å². The van der Waals surface area contributed by atoms with Gasteiger partial charge in [0.25, 0.3) is 5.91 Å². The van der Waals surface area contributed by atoms with Gasteiger partial charge in [-0.1, -0.05) is 42.5 Å². The largest absolute Gasteiger partial charge is 0.497 e. The molecule has 144 valence electrons. The Morgan fingerprint density at radius 1 is 0.714 bits per heavy atom. The lowest BCUT2D eigenvalue weighted by atomic mass is 9.98. The monoisotopic (exact) mass is 377 g/mol. The zero-order valence-corrected chi connectivity index (χ0v) is 16.1. The maximum Gasteiger partial charge on any atom is 0.252 e. The molecule has 3 aromatic rings. The molecule has 0 heterocycles. The molecule has 1 atom stereocenters. The molecular weight excluding hydrogens is 354 g/mol. The van der Waals surface area contributed by atoms with Crippen LogP contribution < -0.4 is 19.5 Å².